The number of likely N-dealkylation sites (N-methyl/N-ethyl adjacent to an activating group) is 1. The van der Waals surface area contributed by atoms with Crippen molar-refractivity contribution < 1.29 is 18.3 Å². The predicted octanol–water partition coefficient (Wildman–Crippen LogP) is -0.547. The topological polar surface area (TPSA) is 85.0 Å². The molecule has 0 spiro atoms. The Balaban J connectivity index is 2.48. The second-order valence-electron chi connectivity index (χ2n) is 3.38. The van der Waals surface area contributed by atoms with Crippen molar-refractivity contribution in [3.8, 4) is 0 Å². The molecule has 16 heavy (non-hydrogen) atoms. The molecule has 0 aromatic carbocycles. The number of aliphatic hydroxyl groups is 1. The molecular weight excluding hydrogens is 229 g/mol. The summed E-state index contributed by atoms with van der Waals surface area (Å²) in [5, 5.41) is 14.4. The molecule has 1 atom stereocenters. The summed E-state index contributed by atoms with van der Waals surface area (Å²) >= 11 is 0. The normalized spacial score (nSPS) is 14.4. The van der Waals surface area contributed by atoms with Gasteiger partial charge < -0.3 is 5.11 Å². The zero-order valence-electron chi connectivity index (χ0n) is 8.38. The SMILES string of the molecule is CN(Cc1n[nH]c(=O)[nH]1)CC(O)C(F)(F)F. The summed E-state index contributed by atoms with van der Waals surface area (Å²) in [4.78, 5) is 14.1. The lowest BCUT2D eigenvalue weighted by atomic mass is 10.3. The highest BCUT2D eigenvalue weighted by molar-refractivity contribution is 4.81. The van der Waals surface area contributed by atoms with E-state index in [2.05, 4.69) is 15.2 Å². The highest BCUT2D eigenvalue weighted by Crippen LogP contribution is 2.20. The summed E-state index contributed by atoms with van der Waals surface area (Å²) < 4.78 is 36.0. The van der Waals surface area contributed by atoms with Gasteiger partial charge in [-0.1, -0.05) is 0 Å². The van der Waals surface area contributed by atoms with Crippen LogP contribution in [0, 0.1) is 0 Å². The maximum Gasteiger partial charge on any atom is 0.415 e. The highest BCUT2D eigenvalue weighted by atomic mass is 19.4. The molecule has 1 unspecified atom stereocenters. The summed E-state index contributed by atoms with van der Waals surface area (Å²) in [6.45, 7) is -0.579. The van der Waals surface area contributed by atoms with Gasteiger partial charge in [0.25, 0.3) is 0 Å². The standard InChI is InChI=1S/C7H11F3N4O2/c1-14(2-4(15)7(8,9)10)3-5-11-6(16)13-12-5/h4,15H,2-3H2,1H3,(H2,11,12,13,16). The lowest BCUT2D eigenvalue weighted by Gasteiger charge is -2.20. The Hall–Kier alpha value is -1.35. The van der Waals surface area contributed by atoms with Crippen LogP contribution in [0.4, 0.5) is 13.2 Å². The first-order valence-electron chi connectivity index (χ1n) is 4.36. The second-order valence-corrected chi connectivity index (χ2v) is 3.38. The van der Waals surface area contributed by atoms with Gasteiger partial charge in [-0.15, -0.1) is 0 Å². The van der Waals surface area contributed by atoms with Crippen LogP contribution in [-0.2, 0) is 6.54 Å². The van der Waals surface area contributed by atoms with Crippen molar-refractivity contribution in [2.45, 2.75) is 18.8 Å². The number of hydrogen-bond acceptors (Lipinski definition) is 4. The number of hydrogen-bond donors (Lipinski definition) is 3. The number of nitrogens with one attached hydrogen (secondary N) is 2. The minimum Gasteiger partial charge on any atom is -0.382 e. The molecule has 0 saturated carbocycles. The molecular formula is C7H11F3N4O2. The molecule has 1 aromatic rings. The van der Waals surface area contributed by atoms with Crippen LogP contribution in [-0.4, -0.2) is 51.1 Å². The average Bonchev–Trinajstić information content (AvgIpc) is 2.49. The third-order valence-electron chi connectivity index (χ3n) is 1.83. The first kappa shape index (κ1) is 12.7. The smallest absolute Gasteiger partial charge is 0.382 e. The van der Waals surface area contributed by atoms with Gasteiger partial charge in [0.1, 0.15) is 5.82 Å². The first-order chi connectivity index (χ1) is 7.29. The molecule has 9 heteroatoms. The number of rotatable bonds is 4. The Morgan fingerprint density at radius 2 is 2.19 bits per heavy atom. The first-order valence-corrected chi connectivity index (χ1v) is 4.36. The van der Waals surface area contributed by atoms with Crippen molar-refractivity contribution >= 4 is 0 Å². The van der Waals surface area contributed by atoms with E-state index in [0.717, 1.165) is 0 Å². The van der Waals surface area contributed by atoms with Crippen LogP contribution in [0.5, 0.6) is 0 Å². The zero-order chi connectivity index (χ0) is 12.3. The van der Waals surface area contributed by atoms with Crippen molar-refractivity contribution in [3.63, 3.8) is 0 Å². The van der Waals surface area contributed by atoms with E-state index in [1.54, 1.807) is 0 Å². The summed E-state index contributed by atoms with van der Waals surface area (Å²) in [5.74, 6) is 0.210. The number of aromatic nitrogens is 3. The molecule has 0 radical (unpaired) electrons. The monoisotopic (exact) mass is 240 g/mol. The number of alkyl halides is 3. The molecule has 92 valence electrons. The molecule has 1 heterocycles. The molecule has 0 amide bonds. The van der Waals surface area contributed by atoms with Gasteiger partial charge in [-0.05, 0) is 7.05 Å². The lowest BCUT2D eigenvalue weighted by molar-refractivity contribution is -0.207. The van der Waals surface area contributed by atoms with Crippen LogP contribution in [0.1, 0.15) is 5.82 Å². The second kappa shape index (κ2) is 4.66. The molecule has 3 N–H and O–H groups in total. The van der Waals surface area contributed by atoms with Gasteiger partial charge in [0.15, 0.2) is 6.10 Å². The summed E-state index contributed by atoms with van der Waals surface area (Å²) in [5.41, 5.74) is -0.528. The Bertz CT molecular complexity index is 385. The van der Waals surface area contributed by atoms with Crippen LogP contribution < -0.4 is 5.69 Å². The van der Waals surface area contributed by atoms with E-state index in [4.69, 9.17) is 5.11 Å². The van der Waals surface area contributed by atoms with Gasteiger partial charge in [0.2, 0.25) is 0 Å². The van der Waals surface area contributed by atoms with Crippen LogP contribution in [0.15, 0.2) is 4.79 Å². The molecule has 0 bridgehead atoms. The fourth-order valence-corrected chi connectivity index (χ4v) is 1.10. The van der Waals surface area contributed by atoms with E-state index in [-0.39, 0.29) is 12.4 Å². The Kier molecular flexibility index (Phi) is 3.70. The molecule has 1 aromatic heterocycles. The minimum atomic E-state index is -4.65. The number of aromatic amines is 2. The van der Waals surface area contributed by atoms with Crippen LogP contribution in [0.25, 0.3) is 0 Å². The van der Waals surface area contributed by atoms with Crippen molar-refractivity contribution in [3.05, 3.63) is 16.3 Å². The lowest BCUT2D eigenvalue weighted by Crippen LogP contribution is -2.39. The Morgan fingerprint density at radius 1 is 1.56 bits per heavy atom. The van der Waals surface area contributed by atoms with Gasteiger partial charge >= 0.3 is 11.9 Å². The van der Waals surface area contributed by atoms with E-state index in [0.29, 0.717) is 0 Å². The molecule has 0 aliphatic rings. The number of H-pyrrole nitrogens is 2. The van der Waals surface area contributed by atoms with Gasteiger partial charge in [-0.3, -0.25) is 9.88 Å². The Morgan fingerprint density at radius 3 is 2.62 bits per heavy atom. The van der Waals surface area contributed by atoms with Crippen LogP contribution in [0.3, 0.4) is 0 Å². The van der Waals surface area contributed by atoms with Gasteiger partial charge in [-0.2, -0.15) is 18.3 Å². The summed E-state index contributed by atoms with van der Waals surface area (Å²) in [6, 6.07) is 0. The van der Waals surface area contributed by atoms with E-state index in [1.165, 1.54) is 11.9 Å². The quantitative estimate of drug-likeness (QED) is 0.659. The largest absolute Gasteiger partial charge is 0.415 e. The number of nitrogens with zero attached hydrogens (tertiary/aromatic N) is 2. The summed E-state index contributed by atoms with van der Waals surface area (Å²) in [6.07, 6.45) is -7.06. The molecule has 0 aliphatic carbocycles. The third kappa shape index (κ3) is 3.66. The average molecular weight is 240 g/mol. The van der Waals surface area contributed by atoms with E-state index in [9.17, 15) is 18.0 Å². The maximum absolute atomic E-state index is 12.0. The fourth-order valence-electron chi connectivity index (χ4n) is 1.10. The van der Waals surface area contributed by atoms with Crippen LogP contribution in [0.2, 0.25) is 0 Å². The third-order valence-corrected chi connectivity index (χ3v) is 1.83. The fraction of sp³-hybridized carbons (Fsp3) is 0.714. The van der Waals surface area contributed by atoms with Crippen molar-refractivity contribution in [2.75, 3.05) is 13.6 Å². The summed E-state index contributed by atoms with van der Waals surface area (Å²) in [7, 11) is 1.38. The van der Waals surface area contributed by atoms with Crippen LogP contribution >= 0.6 is 0 Å². The molecule has 0 fully saturated rings. The van der Waals surface area contributed by atoms with Gasteiger partial charge in [0.05, 0.1) is 6.54 Å². The van der Waals surface area contributed by atoms with E-state index in [1.807, 2.05) is 0 Å². The van der Waals surface area contributed by atoms with E-state index >= 15 is 0 Å². The van der Waals surface area contributed by atoms with Gasteiger partial charge in [0, 0.05) is 6.54 Å². The van der Waals surface area contributed by atoms with Crippen molar-refractivity contribution in [1.29, 1.82) is 0 Å². The zero-order valence-corrected chi connectivity index (χ0v) is 8.38. The number of aliphatic hydroxyl groups excluding tert-OH is 1. The molecule has 6 nitrogen and oxygen atoms in total. The molecule has 0 aliphatic heterocycles. The van der Waals surface area contributed by atoms with Crippen molar-refractivity contribution in [2.24, 2.45) is 0 Å². The highest BCUT2D eigenvalue weighted by Gasteiger charge is 2.38. The molecule has 0 saturated heterocycles. The van der Waals surface area contributed by atoms with E-state index < -0.39 is 24.5 Å². The Labute approximate surface area is 88.1 Å². The maximum atomic E-state index is 12.0. The van der Waals surface area contributed by atoms with Gasteiger partial charge in [-0.25, -0.2) is 9.89 Å². The van der Waals surface area contributed by atoms with Crippen molar-refractivity contribution in [1.82, 2.24) is 20.1 Å². The number of halogens is 3. The molecule has 1 rings (SSSR count). The minimum absolute atomic E-state index is 0.00583. The predicted molar refractivity (Wildman–Crippen MR) is 47.6 cm³/mol.